The van der Waals surface area contributed by atoms with E-state index in [9.17, 15) is 14.0 Å². The zero-order valence-corrected chi connectivity index (χ0v) is 10.9. The lowest BCUT2D eigenvalue weighted by Crippen LogP contribution is -2.14. The van der Waals surface area contributed by atoms with E-state index < -0.39 is 17.6 Å². The minimum absolute atomic E-state index is 0.117. The van der Waals surface area contributed by atoms with Crippen molar-refractivity contribution in [1.82, 2.24) is 0 Å². The van der Waals surface area contributed by atoms with E-state index in [0.29, 0.717) is 11.3 Å². The molecule has 0 spiro atoms. The quantitative estimate of drug-likeness (QED) is 0.913. The highest BCUT2D eigenvalue weighted by molar-refractivity contribution is 6.30. The third-order valence-electron chi connectivity index (χ3n) is 2.60. The van der Waals surface area contributed by atoms with Crippen molar-refractivity contribution in [2.45, 2.75) is 0 Å². The van der Waals surface area contributed by atoms with E-state index >= 15 is 0 Å². The van der Waals surface area contributed by atoms with Crippen LogP contribution in [0.15, 0.2) is 42.5 Å². The third kappa shape index (κ3) is 3.13. The Kier molecular flexibility index (Phi) is 4.00. The van der Waals surface area contributed by atoms with Gasteiger partial charge in [0.25, 0.3) is 5.91 Å². The fourth-order valence-electron chi connectivity index (χ4n) is 1.59. The molecular weight excluding hydrogens is 283 g/mol. The van der Waals surface area contributed by atoms with Crippen molar-refractivity contribution in [2.75, 3.05) is 5.32 Å². The van der Waals surface area contributed by atoms with E-state index in [4.69, 9.17) is 17.3 Å². The fourth-order valence-corrected chi connectivity index (χ4v) is 1.75. The predicted octanol–water partition coefficient (Wildman–Crippen LogP) is 2.83. The molecule has 2 rings (SSSR count). The topological polar surface area (TPSA) is 72.2 Å². The van der Waals surface area contributed by atoms with Crippen LogP contribution in [0.2, 0.25) is 5.02 Å². The summed E-state index contributed by atoms with van der Waals surface area (Å²) in [5.74, 6) is -1.87. The number of rotatable bonds is 3. The van der Waals surface area contributed by atoms with E-state index in [0.717, 1.165) is 6.07 Å². The lowest BCUT2D eigenvalue weighted by Gasteiger charge is -2.06. The molecule has 0 aliphatic heterocycles. The number of nitrogens with two attached hydrogens (primary N) is 1. The van der Waals surface area contributed by atoms with Crippen molar-refractivity contribution in [2.24, 2.45) is 5.73 Å². The van der Waals surface area contributed by atoms with Crippen LogP contribution in [0.25, 0.3) is 0 Å². The van der Waals surface area contributed by atoms with Crippen LogP contribution < -0.4 is 11.1 Å². The van der Waals surface area contributed by atoms with Gasteiger partial charge in [0, 0.05) is 16.3 Å². The summed E-state index contributed by atoms with van der Waals surface area (Å²) in [5, 5.41) is 2.72. The van der Waals surface area contributed by atoms with Gasteiger partial charge in [0.15, 0.2) is 0 Å². The number of halogens is 2. The minimum Gasteiger partial charge on any atom is -0.366 e. The van der Waals surface area contributed by atoms with Gasteiger partial charge >= 0.3 is 0 Å². The molecule has 0 heterocycles. The summed E-state index contributed by atoms with van der Waals surface area (Å²) in [5.41, 5.74) is 5.73. The molecule has 0 bridgehead atoms. The second kappa shape index (κ2) is 5.71. The number of carbonyl (C=O) groups excluding carboxylic acids is 2. The Morgan fingerprint density at radius 2 is 1.75 bits per heavy atom. The summed E-state index contributed by atoms with van der Waals surface area (Å²) in [7, 11) is 0. The van der Waals surface area contributed by atoms with Crippen molar-refractivity contribution in [3.05, 3.63) is 64.4 Å². The summed E-state index contributed by atoms with van der Waals surface area (Å²) in [4.78, 5) is 22.8. The predicted molar refractivity (Wildman–Crippen MR) is 74.3 cm³/mol. The van der Waals surface area contributed by atoms with Crippen LogP contribution >= 0.6 is 11.6 Å². The SMILES string of the molecule is NC(=O)c1ccc(NC(=O)c2ccc(Cl)cc2F)cc1. The van der Waals surface area contributed by atoms with Crippen molar-refractivity contribution in [3.8, 4) is 0 Å². The maximum Gasteiger partial charge on any atom is 0.258 e. The van der Waals surface area contributed by atoms with Crippen LogP contribution in [-0.2, 0) is 0 Å². The Balaban J connectivity index is 2.17. The maximum absolute atomic E-state index is 13.6. The molecule has 0 fully saturated rings. The van der Waals surface area contributed by atoms with E-state index in [1.54, 1.807) is 0 Å². The van der Waals surface area contributed by atoms with Crippen LogP contribution in [0.4, 0.5) is 10.1 Å². The van der Waals surface area contributed by atoms with E-state index in [1.165, 1.54) is 36.4 Å². The molecule has 3 N–H and O–H groups in total. The second-order valence-corrected chi connectivity index (χ2v) is 4.46. The van der Waals surface area contributed by atoms with E-state index in [2.05, 4.69) is 5.32 Å². The van der Waals surface area contributed by atoms with Gasteiger partial charge in [0.05, 0.1) is 5.56 Å². The van der Waals surface area contributed by atoms with Gasteiger partial charge in [-0.15, -0.1) is 0 Å². The van der Waals surface area contributed by atoms with Crippen molar-refractivity contribution in [1.29, 1.82) is 0 Å². The average Bonchev–Trinajstić information content (AvgIpc) is 2.39. The summed E-state index contributed by atoms with van der Waals surface area (Å²) in [6, 6.07) is 9.73. The lowest BCUT2D eigenvalue weighted by atomic mass is 10.1. The molecule has 102 valence electrons. The number of primary amides is 1. The first-order valence-electron chi connectivity index (χ1n) is 5.63. The molecule has 4 nitrogen and oxygen atoms in total. The molecule has 2 aromatic carbocycles. The molecule has 0 unspecified atom stereocenters. The Hall–Kier alpha value is -2.40. The Labute approximate surface area is 119 Å². The molecule has 2 amide bonds. The standard InChI is InChI=1S/C14H10ClFN2O2/c15-9-3-6-11(12(16)7-9)14(20)18-10-4-1-8(2-5-10)13(17)19/h1-7H,(H2,17,19)(H,18,20). The molecular formula is C14H10ClFN2O2. The molecule has 0 aliphatic rings. The zero-order chi connectivity index (χ0) is 14.7. The number of nitrogens with one attached hydrogen (secondary N) is 1. The third-order valence-corrected chi connectivity index (χ3v) is 2.84. The highest BCUT2D eigenvalue weighted by Crippen LogP contribution is 2.17. The number of hydrogen-bond donors (Lipinski definition) is 2. The van der Waals surface area contributed by atoms with Gasteiger partial charge in [-0.25, -0.2) is 4.39 Å². The number of carbonyl (C=O) groups is 2. The van der Waals surface area contributed by atoms with Crippen LogP contribution in [0.3, 0.4) is 0 Å². The van der Waals surface area contributed by atoms with Crippen LogP contribution in [-0.4, -0.2) is 11.8 Å². The van der Waals surface area contributed by atoms with Gasteiger partial charge < -0.3 is 11.1 Å². The molecule has 0 radical (unpaired) electrons. The molecule has 20 heavy (non-hydrogen) atoms. The molecule has 0 atom stereocenters. The van der Waals surface area contributed by atoms with Gasteiger partial charge in [-0.2, -0.15) is 0 Å². The first-order valence-corrected chi connectivity index (χ1v) is 6.01. The van der Waals surface area contributed by atoms with Crippen LogP contribution in [0.5, 0.6) is 0 Å². The minimum atomic E-state index is -0.705. The maximum atomic E-state index is 13.6. The first kappa shape index (κ1) is 14.0. The number of anilines is 1. The van der Waals surface area contributed by atoms with Crippen molar-refractivity contribution < 1.29 is 14.0 Å². The molecule has 2 aromatic rings. The summed E-state index contributed by atoms with van der Waals surface area (Å²) < 4.78 is 13.6. The van der Waals surface area contributed by atoms with Gasteiger partial charge in [-0.3, -0.25) is 9.59 Å². The highest BCUT2D eigenvalue weighted by atomic mass is 35.5. The monoisotopic (exact) mass is 292 g/mol. The van der Waals surface area contributed by atoms with Gasteiger partial charge in [-0.1, -0.05) is 11.6 Å². The Morgan fingerprint density at radius 3 is 2.30 bits per heavy atom. The fraction of sp³-hybridized carbons (Fsp3) is 0. The Bertz CT molecular complexity index is 671. The van der Waals surface area contributed by atoms with Crippen molar-refractivity contribution >= 4 is 29.1 Å². The molecule has 0 saturated carbocycles. The van der Waals surface area contributed by atoms with E-state index in [1.807, 2.05) is 0 Å². The summed E-state index contributed by atoms with van der Waals surface area (Å²) >= 11 is 5.61. The smallest absolute Gasteiger partial charge is 0.258 e. The first-order chi connectivity index (χ1) is 9.47. The molecule has 0 saturated heterocycles. The summed E-state index contributed by atoms with van der Waals surface area (Å²) in [6.45, 7) is 0. The Morgan fingerprint density at radius 1 is 1.10 bits per heavy atom. The van der Waals surface area contributed by atoms with Gasteiger partial charge in [0.2, 0.25) is 5.91 Å². The summed E-state index contributed by atoms with van der Waals surface area (Å²) in [6.07, 6.45) is 0. The number of benzene rings is 2. The molecule has 0 aliphatic carbocycles. The largest absolute Gasteiger partial charge is 0.366 e. The highest BCUT2D eigenvalue weighted by Gasteiger charge is 2.12. The van der Waals surface area contributed by atoms with Crippen LogP contribution in [0.1, 0.15) is 20.7 Å². The zero-order valence-electron chi connectivity index (χ0n) is 10.2. The van der Waals surface area contributed by atoms with Crippen molar-refractivity contribution in [3.63, 3.8) is 0 Å². The average molecular weight is 293 g/mol. The normalized spacial score (nSPS) is 10.1. The number of hydrogen-bond acceptors (Lipinski definition) is 2. The molecule has 0 aromatic heterocycles. The lowest BCUT2D eigenvalue weighted by molar-refractivity contribution is 0.0998. The van der Waals surface area contributed by atoms with Gasteiger partial charge in [-0.05, 0) is 42.5 Å². The van der Waals surface area contributed by atoms with Gasteiger partial charge in [0.1, 0.15) is 5.82 Å². The molecule has 6 heteroatoms. The van der Waals surface area contributed by atoms with Crippen LogP contribution in [0, 0.1) is 5.82 Å². The second-order valence-electron chi connectivity index (χ2n) is 4.02. The number of amides is 2. The van der Waals surface area contributed by atoms with E-state index in [-0.39, 0.29) is 10.6 Å².